The predicted molar refractivity (Wildman–Crippen MR) is 92.7 cm³/mol. The van der Waals surface area contributed by atoms with E-state index in [1.54, 1.807) is 6.92 Å². The SMILES string of the molecule is C[C@H]1O[C@@H](n2cnc3c(=O)[nH]c(N)nc32)[C@H](O)[C@@H]1O.O=P(O)(O)O.O=P(O)(O)O. The zero-order valence-electron chi connectivity index (χ0n) is 14.4. The van der Waals surface area contributed by atoms with E-state index in [0.29, 0.717) is 0 Å². The average molecular weight is 463 g/mol. The maximum absolute atomic E-state index is 11.6. The molecule has 4 atom stereocenters. The summed E-state index contributed by atoms with van der Waals surface area (Å²) in [4.78, 5) is 65.0. The summed E-state index contributed by atoms with van der Waals surface area (Å²) in [6.45, 7) is 1.64. The zero-order chi connectivity index (χ0) is 22.7. The Morgan fingerprint density at radius 3 is 2.00 bits per heavy atom. The smallest absolute Gasteiger partial charge is 0.388 e. The Labute approximate surface area is 160 Å². The number of phosphoric acid groups is 2. The number of nitrogens with zero attached hydrogens (tertiary/aromatic N) is 3. The van der Waals surface area contributed by atoms with Crippen molar-refractivity contribution in [1.82, 2.24) is 19.5 Å². The minimum atomic E-state index is -4.64. The number of nitrogens with two attached hydrogens (primary N) is 1. The molecule has 3 rings (SSSR count). The number of aliphatic hydroxyl groups is 2. The lowest BCUT2D eigenvalue weighted by Crippen LogP contribution is -2.30. The van der Waals surface area contributed by atoms with Crippen molar-refractivity contribution in [3.05, 3.63) is 16.7 Å². The molecule has 2 aromatic rings. The Hall–Kier alpha value is -1.75. The Kier molecular flexibility index (Phi) is 8.18. The van der Waals surface area contributed by atoms with Crippen LogP contribution < -0.4 is 11.3 Å². The van der Waals surface area contributed by atoms with Gasteiger partial charge in [0, 0.05) is 0 Å². The predicted octanol–water partition coefficient (Wildman–Crippen LogP) is -3.52. The van der Waals surface area contributed by atoms with Crippen LogP contribution in [0.25, 0.3) is 11.2 Å². The molecule has 17 nitrogen and oxygen atoms in total. The van der Waals surface area contributed by atoms with Gasteiger partial charge in [0.2, 0.25) is 5.95 Å². The van der Waals surface area contributed by atoms with Crippen LogP contribution in [0.2, 0.25) is 0 Å². The molecule has 0 saturated carbocycles. The average Bonchev–Trinajstić information content (AvgIpc) is 3.01. The number of aromatic nitrogens is 4. The second-order valence-corrected chi connectivity index (χ2v) is 7.57. The fourth-order valence-electron chi connectivity index (χ4n) is 2.19. The van der Waals surface area contributed by atoms with E-state index in [1.807, 2.05) is 0 Å². The van der Waals surface area contributed by atoms with Crippen LogP contribution in [0.4, 0.5) is 5.95 Å². The fraction of sp³-hybridized carbons (Fsp3) is 0.500. The summed E-state index contributed by atoms with van der Waals surface area (Å²) in [6.07, 6.45) is -2.21. The number of rotatable bonds is 1. The summed E-state index contributed by atoms with van der Waals surface area (Å²) in [6, 6.07) is 0. The van der Waals surface area contributed by atoms with Crippen LogP contribution in [0.15, 0.2) is 11.1 Å². The third-order valence-electron chi connectivity index (χ3n) is 3.20. The highest BCUT2D eigenvalue weighted by molar-refractivity contribution is 7.45. The minimum Gasteiger partial charge on any atom is -0.388 e. The molecule has 19 heteroatoms. The maximum Gasteiger partial charge on any atom is 0.466 e. The monoisotopic (exact) mass is 463 g/mol. The number of aromatic amines is 1. The van der Waals surface area contributed by atoms with Crippen molar-refractivity contribution in [2.24, 2.45) is 0 Å². The normalized spacial score (nSPS) is 24.4. The topological polar surface area (TPSA) is 295 Å². The summed E-state index contributed by atoms with van der Waals surface area (Å²) in [7, 11) is -9.28. The van der Waals surface area contributed by atoms with Crippen molar-refractivity contribution < 1.29 is 53.4 Å². The Morgan fingerprint density at radius 2 is 1.59 bits per heavy atom. The maximum atomic E-state index is 11.6. The molecule has 1 fully saturated rings. The first kappa shape index (κ1) is 25.3. The number of anilines is 1. The molecule has 1 saturated heterocycles. The molecule has 2 aromatic heterocycles. The van der Waals surface area contributed by atoms with E-state index >= 15 is 0 Å². The number of hydrogen-bond donors (Lipinski definition) is 10. The van der Waals surface area contributed by atoms with Crippen LogP contribution in [0.3, 0.4) is 0 Å². The summed E-state index contributed by atoms with van der Waals surface area (Å²) in [5.41, 5.74) is 5.31. The van der Waals surface area contributed by atoms with E-state index in [-0.39, 0.29) is 17.1 Å². The highest BCUT2D eigenvalue weighted by Gasteiger charge is 2.42. The number of fused-ring (bicyclic) bond motifs is 1. The third kappa shape index (κ3) is 8.25. The van der Waals surface area contributed by atoms with Gasteiger partial charge >= 0.3 is 15.6 Å². The highest BCUT2D eigenvalue weighted by Crippen LogP contribution is 2.30. The molecule has 11 N–H and O–H groups in total. The number of imidazole rings is 1. The Morgan fingerprint density at radius 1 is 1.10 bits per heavy atom. The van der Waals surface area contributed by atoms with E-state index in [2.05, 4.69) is 15.0 Å². The quantitative estimate of drug-likeness (QED) is 0.183. The first-order valence-corrected chi connectivity index (χ1v) is 10.4. The van der Waals surface area contributed by atoms with Crippen molar-refractivity contribution in [2.75, 3.05) is 5.73 Å². The van der Waals surface area contributed by atoms with Crippen LogP contribution in [0.1, 0.15) is 13.2 Å². The van der Waals surface area contributed by atoms with Crippen LogP contribution in [-0.4, -0.2) is 77.4 Å². The van der Waals surface area contributed by atoms with Gasteiger partial charge in [-0.3, -0.25) is 14.3 Å². The largest absolute Gasteiger partial charge is 0.466 e. The number of aliphatic hydroxyl groups excluding tert-OH is 2. The molecule has 1 aliphatic rings. The van der Waals surface area contributed by atoms with E-state index in [4.69, 9.17) is 49.0 Å². The van der Waals surface area contributed by atoms with E-state index < -0.39 is 45.7 Å². The molecule has 0 radical (unpaired) electrons. The first-order chi connectivity index (χ1) is 13.0. The van der Waals surface area contributed by atoms with Crippen LogP contribution in [0.5, 0.6) is 0 Å². The lowest BCUT2D eigenvalue weighted by atomic mass is 10.1. The summed E-state index contributed by atoms with van der Waals surface area (Å²) >= 11 is 0. The molecule has 0 aliphatic carbocycles. The number of hydrogen-bond acceptors (Lipinski definition) is 9. The van der Waals surface area contributed by atoms with Gasteiger partial charge in [0.15, 0.2) is 17.4 Å². The lowest BCUT2D eigenvalue weighted by Gasteiger charge is -2.16. The summed E-state index contributed by atoms with van der Waals surface area (Å²) in [5, 5.41) is 19.6. The number of nitrogen functional groups attached to an aromatic ring is 1. The summed E-state index contributed by atoms with van der Waals surface area (Å²) < 4.78 is 24.6. The van der Waals surface area contributed by atoms with Crippen molar-refractivity contribution >= 4 is 32.8 Å². The number of nitrogens with one attached hydrogen (secondary N) is 1. The van der Waals surface area contributed by atoms with Gasteiger partial charge in [-0.05, 0) is 6.92 Å². The molecule has 0 aromatic carbocycles. The van der Waals surface area contributed by atoms with Crippen LogP contribution >= 0.6 is 15.6 Å². The lowest BCUT2D eigenvalue weighted by molar-refractivity contribution is -0.0299. The van der Waals surface area contributed by atoms with Gasteiger partial charge in [-0.1, -0.05) is 0 Å². The standard InChI is InChI=1S/C10H13N5O4.2H3O4P/c1-3-5(16)6(17)9(19-3)15-2-12-4-7(15)13-10(11)14-8(4)18;2*1-5(2,3)4/h2-3,5-6,9,16-17H,1H3,(H3,11,13,14,18);2*(H3,1,2,3,4)/t3-,5-,6-,9-;;/m1../s1. The number of H-pyrrole nitrogens is 1. The molecule has 0 bridgehead atoms. The van der Waals surface area contributed by atoms with Gasteiger partial charge in [0.1, 0.15) is 12.2 Å². The van der Waals surface area contributed by atoms with Gasteiger partial charge in [0.05, 0.1) is 12.4 Å². The fourth-order valence-corrected chi connectivity index (χ4v) is 2.19. The molecule has 1 aliphatic heterocycles. The van der Waals surface area contributed by atoms with E-state index in [9.17, 15) is 15.0 Å². The second-order valence-electron chi connectivity index (χ2n) is 5.51. The molecule has 3 heterocycles. The Balaban J connectivity index is 0.000000353. The van der Waals surface area contributed by atoms with Crippen molar-refractivity contribution in [3.8, 4) is 0 Å². The van der Waals surface area contributed by atoms with Gasteiger partial charge in [-0.15, -0.1) is 0 Å². The molecular weight excluding hydrogens is 444 g/mol. The van der Waals surface area contributed by atoms with Gasteiger partial charge < -0.3 is 50.0 Å². The highest BCUT2D eigenvalue weighted by atomic mass is 31.2. The molecule has 166 valence electrons. The van der Waals surface area contributed by atoms with E-state index in [0.717, 1.165) is 0 Å². The summed E-state index contributed by atoms with van der Waals surface area (Å²) in [5.74, 6) is -0.0552. The molecule has 29 heavy (non-hydrogen) atoms. The number of ether oxygens (including phenoxy) is 1. The molecular formula is C10H19N5O12P2. The molecule has 0 unspecified atom stereocenters. The minimum absolute atomic E-state index is 0.0552. The van der Waals surface area contributed by atoms with Gasteiger partial charge in [-0.2, -0.15) is 4.98 Å². The second kappa shape index (κ2) is 9.38. The molecule has 0 spiro atoms. The Bertz CT molecular complexity index is 945. The molecule has 0 amide bonds. The van der Waals surface area contributed by atoms with Crippen molar-refractivity contribution in [1.29, 1.82) is 0 Å². The van der Waals surface area contributed by atoms with Crippen LogP contribution in [0, 0.1) is 0 Å². The third-order valence-corrected chi connectivity index (χ3v) is 3.20. The zero-order valence-corrected chi connectivity index (χ0v) is 16.2. The van der Waals surface area contributed by atoms with E-state index in [1.165, 1.54) is 10.9 Å². The van der Waals surface area contributed by atoms with Crippen molar-refractivity contribution in [3.63, 3.8) is 0 Å². The van der Waals surface area contributed by atoms with Gasteiger partial charge in [0.25, 0.3) is 5.56 Å². The van der Waals surface area contributed by atoms with Gasteiger partial charge in [-0.25, -0.2) is 14.1 Å². The van der Waals surface area contributed by atoms with Crippen molar-refractivity contribution in [2.45, 2.75) is 31.5 Å². The first-order valence-electron chi connectivity index (χ1n) is 7.29. The van der Waals surface area contributed by atoms with Crippen LogP contribution in [-0.2, 0) is 13.9 Å².